The van der Waals surface area contributed by atoms with Gasteiger partial charge in [-0.2, -0.15) is 0 Å². The number of methoxy groups -OCH3 is 1. The molecule has 1 saturated heterocycles. The zero-order valence-corrected chi connectivity index (χ0v) is 9.43. The van der Waals surface area contributed by atoms with Gasteiger partial charge in [-0.05, 0) is 24.6 Å². The minimum absolute atomic E-state index is 0.0605. The summed E-state index contributed by atoms with van der Waals surface area (Å²) in [6, 6.07) is 5.66. The van der Waals surface area contributed by atoms with Gasteiger partial charge < -0.3 is 14.7 Å². The Labute approximate surface area is 94.4 Å². The van der Waals surface area contributed by atoms with Crippen LogP contribution >= 0.6 is 0 Å². The van der Waals surface area contributed by atoms with Gasteiger partial charge in [0, 0.05) is 0 Å². The number of nitrogens with zero attached hydrogens (tertiary/aromatic N) is 1. The van der Waals surface area contributed by atoms with E-state index in [9.17, 15) is 9.90 Å². The second-order valence-corrected chi connectivity index (χ2v) is 4.04. The first kappa shape index (κ1) is 11.0. The number of aryl methyl sites for hydroxylation is 1. The zero-order valence-electron chi connectivity index (χ0n) is 9.43. The van der Waals surface area contributed by atoms with E-state index in [2.05, 4.69) is 0 Å². The van der Waals surface area contributed by atoms with Crippen LogP contribution in [0.2, 0.25) is 0 Å². The lowest BCUT2D eigenvalue weighted by Crippen LogP contribution is -2.25. The number of aliphatic hydroxyl groups excluding tert-OH is 1. The number of amides is 1. The average Bonchev–Trinajstić information content (AvgIpc) is 2.57. The Morgan fingerprint density at radius 2 is 2.25 bits per heavy atom. The molecule has 0 aromatic heterocycles. The second-order valence-electron chi connectivity index (χ2n) is 4.04. The molecule has 16 heavy (non-hydrogen) atoms. The third-order valence-corrected chi connectivity index (χ3v) is 2.73. The molecule has 0 saturated carbocycles. The number of β-amino-alcohol motifs (C(OH)–C–C–N with tert-alkyl or cyclic N) is 1. The van der Waals surface area contributed by atoms with Crippen LogP contribution in [-0.4, -0.2) is 30.8 Å². The normalized spacial score (nSPS) is 20.3. The zero-order chi connectivity index (χ0) is 11.7. The minimum atomic E-state index is -0.571. The third kappa shape index (κ3) is 1.88. The van der Waals surface area contributed by atoms with E-state index in [-0.39, 0.29) is 12.3 Å². The fourth-order valence-electron chi connectivity index (χ4n) is 1.93. The Morgan fingerprint density at radius 1 is 1.50 bits per heavy atom. The molecule has 0 aliphatic carbocycles. The van der Waals surface area contributed by atoms with Gasteiger partial charge in [0.25, 0.3) is 0 Å². The SMILES string of the molecule is COc1cc(C)ccc1N1CC(O)CC1=O. The van der Waals surface area contributed by atoms with Crippen molar-refractivity contribution in [1.82, 2.24) is 0 Å². The van der Waals surface area contributed by atoms with E-state index in [1.807, 2.05) is 25.1 Å². The number of carbonyl (C=O) groups is 1. The number of anilines is 1. The number of hydrogen-bond acceptors (Lipinski definition) is 3. The predicted octanol–water partition coefficient (Wildman–Crippen LogP) is 1.10. The van der Waals surface area contributed by atoms with Crippen LogP contribution < -0.4 is 9.64 Å². The highest BCUT2D eigenvalue weighted by atomic mass is 16.5. The van der Waals surface area contributed by atoms with Crippen molar-refractivity contribution in [2.45, 2.75) is 19.4 Å². The van der Waals surface area contributed by atoms with Crippen molar-refractivity contribution in [3.8, 4) is 5.75 Å². The molecule has 2 rings (SSSR count). The summed E-state index contributed by atoms with van der Waals surface area (Å²) in [5, 5.41) is 9.45. The van der Waals surface area contributed by atoms with Crippen molar-refractivity contribution < 1.29 is 14.6 Å². The molecule has 1 amide bonds. The molecule has 0 spiro atoms. The molecule has 86 valence electrons. The maximum Gasteiger partial charge on any atom is 0.229 e. The van der Waals surface area contributed by atoms with Gasteiger partial charge in [0.05, 0.1) is 31.9 Å². The Hall–Kier alpha value is -1.55. The van der Waals surface area contributed by atoms with Gasteiger partial charge in [-0.15, -0.1) is 0 Å². The molecular weight excluding hydrogens is 206 g/mol. The third-order valence-electron chi connectivity index (χ3n) is 2.73. The van der Waals surface area contributed by atoms with E-state index in [0.29, 0.717) is 12.3 Å². The molecular formula is C12H15NO3. The Bertz CT molecular complexity index is 417. The van der Waals surface area contributed by atoms with Crippen molar-refractivity contribution >= 4 is 11.6 Å². The van der Waals surface area contributed by atoms with Crippen LogP contribution in [0.15, 0.2) is 18.2 Å². The number of benzene rings is 1. The van der Waals surface area contributed by atoms with E-state index in [1.165, 1.54) is 0 Å². The Kier molecular flexibility index (Phi) is 2.83. The highest BCUT2D eigenvalue weighted by molar-refractivity contribution is 5.97. The molecule has 1 heterocycles. The first-order valence-corrected chi connectivity index (χ1v) is 5.25. The summed E-state index contributed by atoms with van der Waals surface area (Å²) in [6.07, 6.45) is -0.379. The fraction of sp³-hybridized carbons (Fsp3) is 0.417. The van der Waals surface area contributed by atoms with Crippen molar-refractivity contribution in [2.24, 2.45) is 0 Å². The number of aliphatic hydroxyl groups is 1. The number of carbonyl (C=O) groups excluding carboxylic acids is 1. The van der Waals surface area contributed by atoms with E-state index >= 15 is 0 Å². The van der Waals surface area contributed by atoms with E-state index in [1.54, 1.807) is 12.0 Å². The molecule has 1 fully saturated rings. The molecule has 1 aliphatic heterocycles. The largest absolute Gasteiger partial charge is 0.495 e. The number of ether oxygens (including phenoxy) is 1. The van der Waals surface area contributed by atoms with Crippen LogP contribution in [0.5, 0.6) is 5.75 Å². The molecule has 4 nitrogen and oxygen atoms in total. The molecule has 1 aliphatic rings. The summed E-state index contributed by atoms with van der Waals surface area (Å²) in [7, 11) is 1.58. The van der Waals surface area contributed by atoms with Gasteiger partial charge in [0.2, 0.25) is 5.91 Å². The van der Waals surface area contributed by atoms with Crippen LogP contribution in [0.4, 0.5) is 5.69 Å². The summed E-state index contributed by atoms with van der Waals surface area (Å²) in [6.45, 7) is 2.31. The molecule has 1 N–H and O–H groups in total. The maximum atomic E-state index is 11.6. The van der Waals surface area contributed by atoms with E-state index < -0.39 is 6.10 Å². The maximum absolute atomic E-state index is 11.6. The van der Waals surface area contributed by atoms with Gasteiger partial charge in [-0.3, -0.25) is 4.79 Å². The molecule has 4 heteroatoms. The summed E-state index contributed by atoms with van der Waals surface area (Å²) in [5.41, 5.74) is 1.81. The van der Waals surface area contributed by atoms with Crippen LogP contribution in [0.25, 0.3) is 0 Å². The lowest BCUT2D eigenvalue weighted by Gasteiger charge is -2.19. The standard InChI is InChI=1S/C12H15NO3/c1-8-3-4-10(11(5-8)16-2)13-7-9(14)6-12(13)15/h3-5,9,14H,6-7H2,1-2H3. The van der Waals surface area contributed by atoms with Crippen molar-refractivity contribution in [1.29, 1.82) is 0 Å². The molecule has 0 radical (unpaired) electrons. The lowest BCUT2D eigenvalue weighted by atomic mass is 10.2. The van der Waals surface area contributed by atoms with E-state index in [0.717, 1.165) is 11.3 Å². The number of hydrogen-bond donors (Lipinski definition) is 1. The van der Waals surface area contributed by atoms with Gasteiger partial charge in [-0.1, -0.05) is 6.07 Å². The van der Waals surface area contributed by atoms with Crippen LogP contribution in [0, 0.1) is 6.92 Å². The second kappa shape index (κ2) is 4.14. The smallest absolute Gasteiger partial charge is 0.229 e. The minimum Gasteiger partial charge on any atom is -0.495 e. The van der Waals surface area contributed by atoms with Crippen molar-refractivity contribution in [3.05, 3.63) is 23.8 Å². The van der Waals surface area contributed by atoms with Crippen molar-refractivity contribution in [3.63, 3.8) is 0 Å². The fourth-order valence-corrected chi connectivity index (χ4v) is 1.93. The van der Waals surface area contributed by atoms with Crippen molar-refractivity contribution in [2.75, 3.05) is 18.6 Å². The number of rotatable bonds is 2. The van der Waals surface area contributed by atoms with Gasteiger partial charge in [0.1, 0.15) is 5.75 Å². The summed E-state index contributed by atoms with van der Waals surface area (Å²) in [5.74, 6) is 0.608. The molecule has 0 bridgehead atoms. The van der Waals surface area contributed by atoms with E-state index in [4.69, 9.17) is 4.74 Å². The van der Waals surface area contributed by atoms with Crippen LogP contribution in [0.3, 0.4) is 0 Å². The van der Waals surface area contributed by atoms with Gasteiger partial charge >= 0.3 is 0 Å². The monoisotopic (exact) mass is 221 g/mol. The first-order chi connectivity index (χ1) is 7.61. The quantitative estimate of drug-likeness (QED) is 0.813. The average molecular weight is 221 g/mol. The summed E-state index contributed by atoms with van der Waals surface area (Å²) >= 11 is 0. The predicted molar refractivity (Wildman–Crippen MR) is 60.7 cm³/mol. The van der Waals surface area contributed by atoms with Gasteiger partial charge in [-0.25, -0.2) is 0 Å². The highest BCUT2D eigenvalue weighted by Crippen LogP contribution is 2.32. The highest BCUT2D eigenvalue weighted by Gasteiger charge is 2.30. The Balaban J connectivity index is 2.36. The summed E-state index contributed by atoms with van der Waals surface area (Å²) in [4.78, 5) is 13.2. The first-order valence-electron chi connectivity index (χ1n) is 5.25. The lowest BCUT2D eigenvalue weighted by molar-refractivity contribution is -0.117. The summed E-state index contributed by atoms with van der Waals surface area (Å²) < 4.78 is 5.25. The van der Waals surface area contributed by atoms with Crippen LogP contribution in [0.1, 0.15) is 12.0 Å². The molecule has 1 aromatic carbocycles. The molecule has 1 unspecified atom stereocenters. The molecule has 1 atom stereocenters. The topological polar surface area (TPSA) is 49.8 Å². The molecule has 1 aromatic rings. The van der Waals surface area contributed by atoms with Gasteiger partial charge in [0.15, 0.2) is 0 Å². The Morgan fingerprint density at radius 3 is 2.81 bits per heavy atom. The van der Waals surface area contributed by atoms with Crippen LogP contribution in [-0.2, 0) is 4.79 Å².